The van der Waals surface area contributed by atoms with Crippen LogP contribution >= 0.6 is 11.8 Å². The molecule has 0 radical (unpaired) electrons. The van der Waals surface area contributed by atoms with Crippen LogP contribution in [0.3, 0.4) is 0 Å². The monoisotopic (exact) mass is 509 g/mol. The SMILES string of the molecule is O=C(OCc1ccccc1)[C@@H]1COC(=O)N1C1CCN(C(=O)CN2C(=O)CSc3ccccc32)CC1. The van der Waals surface area contributed by atoms with E-state index < -0.39 is 18.1 Å². The summed E-state index contributed by atoms with van der Waals surface area (Å²) >= 11 is 1.48. The number of nitrogens with zero attached hydrogens (tertiary/aromatic N) is 3. The molecule has 10 heteroatoms. The van der Waals surface area contributed by atoms with Crippen LogP contribution in [0.2, 0.25) is 0 Å². The van der Waals surface area contributed by atoms with Gasteiger partial charge in [0.2, 0.25) is 11.8 Å². The molecule has 3 aliphatic heterocycles. The third kappa shape index (κ3) is 5.04. The molecular formula is C26H27N3O6S. The fourth-order valence-electron chi connectivity index (χ4n) is 4.80. The average Bonchev–Trinajstić information content (AvgIpc) is 3.31. The van der Waals surface area contributed by atoms with Gasteiger partial charge in [0, 0.05) is 24.0 Å². The summed E-state index contributed by atoms with van der Waals surface area (Å²) in [7, 11) is 0. The molecule has 0 unspecified atom stereocenters. The molecule has 3 amide bonds. The quantitative estimate of drug-likeness (QED) is 0.553. The van der Waals surface area contributed by atoms with Gasteiger partial charge in [0.15, 0.2) is 6.04 Å². The number of fused-ring (bicyclic) bond motifs is 1. The van der Waals surface area contributed by atoms with Gasteiger partial charge in [-0.15, -0.1) is 11.8 Å². The van der Waals surface area contributed by atoms with Crippen LogP contribution in [0.25, 0.3) is 0 Å². The minimum Gasteiger partial charge on any atom is -0.459 e. The standard InChI is InChI=1S/C26H27N3O6S/c30-23(14-28-20-8-4-5-9-22(20)36-17-24(28)31)27-12-10-19(11-13-27)29-21(16-35-26(29)33)25(32)34-15-18-6-2-1-3-7-18/h1-9,19,21H,10-17H2/t21-/m0/s1. The number of anilines is 1. The molecule has 2 aromatic carbocycles. The summed E-state index contributed by atoms with van der Waals surface area (Å²) in [4.78, 5) is 56.5. The molecular weight excluding hydrogens is 482 g/mol. The van der Waals surface area contributed by atoms with Crippen molar-refractivity contribution in [1.29, 1.82) is 0 Å². The number of carbonyl (C=O) groups excluding carboxylic acids is 4. The zero-order valence-electron chi connectivity index (χ0n) is 19.7. The number of rotatable bonds is 6. The van der Waals surface area contributed by atoms with E-state index in [2.05, 4.69) is 0 Å². The first-order valence-corrected chi connectivity index (χ1v) is 13.0. The molecule has 1 atom stereocenters. The second kappa shape index (κ2) is 10.6. The molecule has 9 nitrogen and oxygen atoms in total. The van der Waals surface area contributed by atoms with Crippen molar-refractivity contribution in [2.75, 3.05) is 36.9 Å². The van der Waals surface area contributed by atoms with Crippen molar-refractivity contribution >= 4 is 41.3 Å². The zero-order chi connectivity index (χ0) is 25.1. The van der Waals surface area contributed by atoms with Crippen molar-refractivity contribution in [3.63, 3.8) is 0 Å². The molecule has 3 aliphatic rings. The molecule has 3 heterocycles. The Labute approximate surface area is 213 Å². The van der Waals surface area contributed by atoms with Gasteiger partial charge in [-0.2, -0.15) is 0 Å². The van der Waals surface area contributed by atoms with Gasteiger partial charge in [0.25, 0.3) is 0 Å². The Balaban J connectivity index is 1.17. The average molecular weight is 510 g/mol. The van der Waals surface area contributed by atoms with Crippen LogP contribution in [0.4, 0.5) is 10.5 Å². The first-order valence-electron chi connectivity index (χ1n) is 12.0. The number of para-hydroxylation sites is 1. The number of carbonyl (C=O) groups is 4. The number of piperidine rings is 1. The highest BCUT2D eigenvalue weighted by molar-refractivity contribution is 8.00. The number of amides is 3. The smallest absolute Gasteiger partial charge is 0.410 e. The number of benzene rings is 2. The number of hydrogen-bond donors (Lipinski definition) is 0. The minimum atomic E-state index is -0.798. The first kappa shape index (κ1) is 24.2. The second-order valence-corrected chi connectivity index (χ2v) is 9.96. The van der Waals surface area contributed by atoms with E-state index in [0.29, 0.717) is 31.7 Å². The molecule has 2 aromatic rings. The summed E-state index contributed by atoms with van der Waals surface area (Å²) in [5, 5.41) is 0. The van der Waals surface area contributed by atoms with E-state index in [1.807, 2.05) is 54.6 Å². The van der Waals surface area contributed by atoms with E-state index in [0.717, 1.165) is 16.1 Å². The predicted molar refractivity (Wildman–Crippen MR) is 132 cm³/mol. The van der Waals surface area contributed by atoms with Crippen LogP contribution in [0, 0.1) is 0 Å². The van der Waals surface area contributed by atoms with Gasteiger partial charge in [-0.3, -0.25) is 14.5 Å². The van der Waals surface area contributed by atoms with Crippen LogP contribution in [0.15, 0.2) is 59.5 Å². The Morgan fingerprint density at radius 3 is 2.50 bits per heavy atom. The van der Waals surface area contributed by atoms with Gasteiger partial charge in [-0.1, -0.05) is 42.5 Å². The highest BCUT2D eigenvalue weighted by atomic mass is 32.2. The maximum absolute atomic E-state index is 13.1. The van der Waals surface area contributed by atoms with Crippen molar-refractivity contribution in [2.24, 2.45) is 0 Å². The lowest BCUT2D eigenvalue weighted by Crippen LogP contribution is -2.53. The highest BCUT2D eigenvalue weighted by Crippen LogP contribution is 2.35. The van der Waals surface area contributed by atoms with E-state index in [1.165, 1.54) is 16.7 Å². The number of hydrogen-bond acceptors (Lipinski definition) is 7. The van der Waals surface area contributed by atoms with Gasteiger partial charge in [-0.05, 0) is 30.5 Å². The van der Waals surface area contributed by atoms with Crippen LogP contribution in [0.1, 0.15) is 18.4 Å². The normalized spacial score (nSPS) is 20.2. The zero-order valence-corrected chi connectivity index (χ0v) is 20.5. The van der Waals surface area contributed by atoms with Crippen molar-refractivity contribution < 1.29 is 28.7 Å². The molecule has 188 valence electrons. The number of thioether (sulfide) groups is 1. The highest BCUT2D eigenvalue weighted by Gasteiger charge is 2.44. The van der Waals surface area contributed by atoms with Crippen molar-refractivity contribution in [2.45, 2.75) is 36.4 Å². The number of esters is 1. The number of ether oxygens (including phenoxy) is 2. The Morgan fingerprint density at radius 1 is 1.00 bits per heavy atom. The number of cyclic esters (lactones) is 1. The van der Waals surface area contributed by atoms with Gasteiger partial charge >= 0.3 is 12.1 Å². The van der Waals surface area contributed by atoms with Crippen LogP contribution in [-0.4, -0.2) is 77.8 Å². The van der Waals surface area contributed by atoms with E-state index in [9.17, 15) is 19.2 Å². The molecule has 0 spiro atoms. The van der Waals surface area contributed by atoms with Crippen molar-refractivity contribution in [3.05, 3.63) is 60.2 Å². The van der Waals surface area contributed by atoms with Gasteiger partial charge in [0.1, 0.15) is 19.8 Å². The summed E-state index contributed by atoms with van der Waals surface area (Å²) in [6, 6.07) is 15.9. The summed E-state index contributed by atoms with van der Waals surface area (Å²) in [5.41, 5.74) is 1.63. The van der Waals surface area contributed by atoms with E-state index >= 15 is 0 Å². The van der Waals surface area contributed by atoms with E-state index in [1.54, 1.807) is 9.80 Å². The molecule has 0 aliphatic carbocycles. The van der Waals surface area contributed by atoms with Gasteiger partial charge in [-0.25, -0.2) is 9.59 Å². The Morgan fingerprint density at radius 2 is 1.72 bits per heavy atom. The third-order valence-electron chi connectivity index (χ3n) is 6.72. The van der Waals surface area contributed by atoms with Crippen molar-refractivity contribution in [1.82, 2.24) is 9.80 Å². The Hall–Kier alpha value is -3.53. The summed E-state index contributed by atoms with van der Waals surface area (Å²) in [5.74, 6) is -0.404. The Kier molecular flexibility index (Phi) is 7.13. The summed E-state index contributed by atoms with van der Waals surface area (Å²) in [6.45, 7) is 0.929. The fourth-order valence-corrected chi connectivity index (χ4v) is 5.73. The Bertz CT molecular complexity index is 1150. The van der Waals surface area contributed by atoms with Crippen LogP contribution in [-0.2, 0) is 30.5 Å². The minimum absolute atomic E-state index is 0.0126. The molecule has 0 aromatic heterocycles. The van der Waals surface area contributed by atoms with Crippen LogP contribution in [0.5, 0.6) is 0 Å². The molecule has 0 bridgehead atoms. The van der Waals surface area contributed by atoms with Crippen LogP contribution < -0.4 is 4.90 Å². The van der Waals surface area contributed by atoms with E-state index in [4.69, 9.17) is 9.47 Å². The molecule has 2 fully saturated rings. The number of likely N-dealkylation sites (tertiary alicyclic amines) is 1. The first-order chi connectivity index (χ1) is 17.5. The fraction of sp³-hybridized carbons (Fsp3) is 0.385. The van der Waals surface area contributed by atoms with E-state index in [-0.39, 0.29) is 37.6 Å². The van der Waals surface area contributed by atoms with Gasteiger partial charge < -0.3 is 19.3 Å². The molecule has 0 N–H and O–H groups in total. The van der Waals surface area contributed by atoms with Gasteiger partial charge in [0.05, 0.1) is 11.4 Å². The largest absolute Gasteiger partial charge is 0.459 e. The maximum atomic E-state index is 13.1. The van der Waals surface area contributed by atoms with Crippen molar-refractivity contribution in [3.8, 4) is 0 Å². The molecule has 0 saturated carbocycles. The molecule has 36 heavy (non-hydrogen) atoms. The molecule has 2 saturated heterocycles. The molecule has 5 rings (SSSR count). The lowest BCUT2D eigenvalue weighted by molar-refractivity contribution is -0.150. The summed E-state index contributed by atoms with van der Waals surface area (Å²) < 4.78 is 10.6. The lowest BCUT2D eigenvalue weighted by atomic mass is 10.0. The third-order valence-corrected chi connectivity index (χ3v) is 7.77. The lowest BCUT2D eigenvalue weighted by Gasteiger charge is -2.38. The predicted octanol–water partition coefficient (Wildman–Crippen LogP) is 2.68. The maximum Gasteiger partial charge on any atom is 0.410 e. The second-order valence-electron chi connectivity index (χ2n) is 8.94. The topological polar surface area (TPSA) is 96.5 Å². The summed E-state index contributed by atoms with van der Waals surface area (Å²) in [6.07, 6.45) is 0.502.